The minimum atomic E-state index is -4.08. The molecule has 8 nitrogen and oxygen atoms in total. The van der Waals surface area contributed by atoms with Crippen LogP contribution in [-0.2, 0) is 31.4 Å². The maximum absolute atomic E-state index is 13.4. The van der Waals surface area contributed by atoms with E-state index in [0.29, 0.717) is 21.2 Å². The predicted octanol–water partition coefficient (Wildman–Crippen LogP) is 4.04. The third-order valence-electron chi connectivity index (χ3n) is 5.11. The summed E-state index contributed by atoms with van der Waals surface area (Å²) in [5.74, 6) is -0.640. The molecule has 0 bridgehead atoms. The molecule has 3 aromatic rings. The fraction of sp³-hybridized carbons (Fsp3) is 0.174. The van der Waals surface area contributed by atoms with Crippen LogP contribution in [0.25, 0.3) is 0 Å². The largest absolute Gasteiger partial charge is 0.325 e. The average molecular weight is 556 g/mol. The van der Waals surface area contributed by atoms with Crippen molar-refractivity contribution in [3.63, 3.8) is 0 Å². The molecule has 0 unspecified atom stereocenters. The molecule has 0 atom stereocenters. The van der Waals surface area contributed by atoms with Gasteiger partial charge in [0.2, 0.25) is 26.0 Å². The fourth-order valence-electron chi connectivity index (χ4n) is 3.15. The minimum absolute atomic E-state index is 0.0260. The number of carbonyl (C=O) groups is 1. The average Bonchev–Trinajstić information content (AvgIpc) is 2.81. The molecule has 0 aromatic heterocycles. The van der Waals surface area contributed by atoms with E-state index in [1.807, 2.05) is 0 Å². The standard InChI is InChI=1S/C23H23Cl2N3O5S2/c1-16-3-10-21(34(30,31)26-2)13-22(16)27-23(29)15-28(14-17-4-6-18(24)7-5-17)35(32,33)20-11-8-19(25)9-12-20/h3-13,26H,14-15H2,1-2H3,(H,27,29). The van der Waals surface area contributed by atoms with Crippen LogP contribution < -0.4 is 10.0 Å². The zero-order chi connectivity index (χ0) is 25.8. The summed E-state index contributed by atoms with van der Waals surface area (Å²) >= 11 is 11.8. The first kappa shape index (κ1) is 27.1. The van der Waals surface area contributed by atoms with E-state index in [2.05, 4.69) is 10.0 Å². The van der Waals surface area contributed by atoms with Crippen LogP contribution in [-0.4, -0.2) is 40.6 Å². The van der Waals surface area contributed by atoms with Crippen LogP contribution in [0.3, 0.4) is 0 Å². The van der Waals surface area contributed by atoms with Crippen molar-refractivity contribution < 1.29 is 21.6 Å². The van der Waals surface area contributed by atoms with Crippen molar-refractivity contribution in [2.45, 2.75) is 23.3 Å². The monoisotopic (exact) mass is 555 g/mol. The molecular formula is C23H23Cl2N3O5S2. The molecule has 0 spiro atoms. The lowest BCUT2D eigenvalue weighted by molar-refractivity contribution is -0.116. The van der Waals surface area contributed by atoms with Gasteiger partial charge in [-0.3, -0.25) is 4.79 Å². The maximum Gasteiger partial charge on any atom is 0.243 e. The number of benzene rings is 3. The second kappa shape index (κ2) is 11.1. The van der Waals surface area contributed by atoms with Crippen molar-refractivity contribution in [2.24, 2.45) is 0 Å². The van der Waals surface area contributed by atoms with Crippen LogP contribution in [0, 0.1) is 6.92 Å². The number of halogens is 2. The van der Waals surface area contributed by atoms with Crippen LogP contribution >= 0.6 is 23.2 Å². The quantitative estimate of drug-likeness (QED) is 0.413. The molecule has 0 heterocycles. The Morgan fingerprint density at radius 1 is 0.857 bits per heavy atom. The Morgan fingerprint density at radius 2 is 1.40 bits per heavy atom. The first-order valence-corrected chi connectivity index (χ1v) is 13.9. The summed E-state index contributed by atoms with van der Waals surface area (Å²) in [6.45, 7) is 1.08. The van der Waals surface area contributed by atoms with E-state index in [0.717, 1.165) is 4.31 Å². The van der Waals surface area contributed by atoms with E-state index in [-0.39, 0.29) is 22.0 Å². The van der Waals surface area contributed by atoms with Crippen molar-refractivity contribution in [3.8, 4) is 0 Å². The number of carbonyl (C=O) groups excluding carboxylic acids is 1. The number of amides is 1. The summed E-state index contributed by atoms with van der Waals surface area (Å²) in [6, 6.07) is 16.5. The van der Waals surface area contributed by atoms with Gasteiger partial charge in [-0.15, -0.1) is 0 Å². The van der Waals surface area contributed by atoms with Gasteiger partial charge >= 0.3 is 0 Å². The highest BCUT2D eigenvalue weighted by molar-refractivity contribution is 7.89. The number of nitrogens with zero attached hydrogens (tertiary/aromatic N) is 1. The maximum atomic E-state index is 13.4. The second-order valence-electron chi connectivity index (χ2n) is 7.59. The van der Waals surface area contributed by atoms with Crippen molar-refractivity contribution in [1.82, 2.24) is 9.03 Å². The minimum Gasteiger partial charge on any atom is -0.325 e. The summed E-state index contributed by atoms with van der Waals surface area (Å²) in [4.78, 5) is 12.9. The van der Waals surface area contributed by atoms with Gasteiger partial charge in [0.05, 0.1) is 16.3 Å². The molecule has 3 aromatic carbocycles. The molecule has 1 amide bonds. The van der Waals surface area contributed by atoms with Crippen molar-refractivity contribution in [1.29, 1.82) is 0 Å². The van der Waals surface area contributed by atoms with Crippen LogP contribution in [0.1, 0.15) is 11.1 Å². The van der Waals surface area contributed by atoms with E-state index < -0.39 is 32.5 Å². The third kappa shape index (κ3) is 6.81. The van der Waals surface area contributed by atoms with Gasteiger partial charge in [0, 0.05) is 22.3 Å². The zero-order valence-electron chi connectivity index (χ0n) is 18.8. The lowest BCUT2D eigenvalue weighted by Gasteiger charge is -2.22. The van der Waals surface area contributed by atoms with Crippen LogP contribution in [0.5, 0.6) is 0 Å². The molecule has 0 radical (unpaired) electrons. The summed E-state index contributed by atoms with van der Waals surface area (Å²) in [5.41, 5.74) is 1.48. The van der Waals surface area contributed by atoms with Gasteiger partial charge in [-0.25, -0.2) is 21.6 Å². The van der Waals surface area contributed by atoms with Gasteiger partial charge in [0.1, 0.15) is 0 Å². The summed E-state index contributed by atoms with van der Waals surface area (Å²) in [6.07, 6.45) is 0. The van der Waals surface area contributed by atoms with Gasteiger partial charge in [0.15, 0.2) is 0 Å². The van der Waals surface area contributed by atoms with Crippen molar-refractivity contribution in [2.75, 3.05) is 18.9 Å². The van der Waals surface area contributed by atoms with Crippen molar-refractivity contribution in [3.05, 3.63) is 87.9 Å². The lowest BCUT2D eigenvalue weighted by Crippen LogP contribution is -2.37. The van der Waals surface area contributed by atoms with E-state index in [1.165, 1.54) is 43.4 Å². The molecule has 0 aliphatic heterocycles. The second-order valence-corrected chi connectivity index (χ2v) is 12.3. The van der Waals surface area contributed by atoms with Crippen molar-refractivity contribution >= 4 is 54.8 Å². The number of hydrogen-bond acceptors (Lipinski definition) is 5. The molecule has 0 fully saturated rings. The fourth-order valence-corrected chi connectivity index (χ4v) is 5.54. The molecule has 3 rings (SSSR count). The lowest BCUT2D eigenvalue weighted by atomic mass is 10.2. The molecule has 186 valence electrons. The molecule has 0 saturated carbocycles. The van der Waals surface area contributed by atoms with Crippen LogP contribution in [0.4, 0.5) is 5.69 Å². The molecule has 2 N–H and O–H groups in total. The summed E-state index contributed by atoms with van der Waals surface area (Å²) in [5, 5.41) is 3.49. The van der Waals surface area contributed by atoms with Crippen LogP contribution in [0.15, 0.2) is 76.5 Å². The highest BCUT2D eigenvalue weighted by atomic mass is 35.5. The smallest absolute Gasteiger partial charge is 0.243 e. The topological polar surface area (TPSA) is 113 Å². The van der Waals surface area contributed by atoms with Gasteiger partial charge < -0.3 is 5.32 Å². The van der Waals surface area contributed by atoms with Gasteiger partial charge in [0.25, 0.3) is 0 Å². The Hall–Kier alpha value is -2.47. The number of anilines is 1. The Labute approximate surface area is 215 Å². The highest BCUT2D eigenvalue weighted by Gasteiger charge is 2.27. The van der Waals surface area contributed by atoms with Gasteiger partial charge in [-0.05, 0) is 73.6 Å². The Balaban J connectivity index is 1.91. The molecule has 35 heavy (non-hydrogen) atoms. The Morgan fingerprint density at radius 3 is 1.97 bits per heavy atom. The van der Waals surface area contributed by atoms with E-state index in [9.17, 15) is 21.6 Å². The summed E-state index contributed by atoms with van der Waals surface area (Å²) in [7, 11) is -6.54. The number of rotatable bonds is 9. The Kier molecular flexibility index (Phi) is 8.58. The molecule has 0 aliphatic rings. The number of sulfonamides is 2. The highest BCUT2D eigenvalue weighted by Crippen LogP contribution is 2.23. The predicted molar refractivity (Wildman–Crippen MR) is 137 cm³/mol. The van der Waals surface area contributed by atoms with Gasteiger partial charge in [-0.1, -0.05) is 41.4 Å². The molecular weight excluding hydrogens is 533 g/mol. The van der Waals surface area contributed by atoms with E-state index in [1.54, 1.807) is 37.3 Å². The van der Waals surface area contributed by atoms with E-state index >= 15 is 0 Å². The third-order valence-corrected chi connectivity index (χ3v) is 8.83. The Bertz CT molecular complexity index is 1430. The normalized spacial score (nSPS) is 12.0. The number of nitrogens with one attached hydrogen (secondary N) is 2. The summed E-state index contributed by atoms with van der Waals surface area (Å²) < 4.78 is 54.3. The molecule has 0 aliphatic carbocycles. The van der Waals surface area contributed by atoms with Gasteiger partial charge in [-0.2, -0.15) is 4.31 Å². The number of hydrogen-bond donors (Lipinski definition) is 2. The molecule has 0 saturated heterocycles. The zero-order valence-corrected chi connectivity index (χ0v) is 22.0. The first-order valence-electron chi connectivity index (χ1n) is 10.3. The number of aryl methyl sites for hydroxylation is 1. The van der Waals surface area contributed by atoms with E-state index in [4.69, 9.17) is 23.2 Å². The van der Waals surface area contributed by atoms with Crippen LogP contribution in [0.2, 0.25) is 10.0 Å². The molecule has 12 heteroatoms. The SMILES string of the molecule is CNS(=O)(=O)c1ccc(C)c(NC(=O)CN(Cc2ccc(Cl)cc2)S(=O)(=O)c2ccc(Cl)cc2)c1. The first-order chi connectivity index (χ1) is 16.4.